The summed E-state index contributed by atoms with van der Waals surface area (Å²) in [6.07, 6.45) is 1.94. The van der Waals surface area contributed by atoms with E-state index in [1.54, 1.807) is 12.1 Å². The van der Waals surface area contributed by atoms with Crippen molar-refractivity contribution in [3.8, 4) is 5.75 Å². The maximum Gasteiger partial charge on any atom is 0.254 e. The van der Waals surface area contributed by atoms with E-state index in [9.17, 15) is 4.79 Å². The molecular formula is C21H23Cl3N2O2. The molecule has 0 atom stereocenters. The van der Waals surface area contributed by atoms with Gasteiger partial charge < -0.3 is 14.5 Å². The number of hydrogen-bond donors (Lipinski definition) is 0. The first-order valence-corrected chi connectivity index (χ1v) is 10.5. The van der Waals surface area contributed by atoms with E-state index in [4.69, 9.17) is 39.5 Å². The number of carbonyl (C=O) groups is 1. The number of anilines is 1. The predicted octanol–water partition coefficient (Wildman–Crippen LogP) is 5.79. The van der Waals surface area contributed by atoms with E-state index in [0.29, 0.717) is 46.1 Å². The topological polar surface area (TPSA) is 32.8 Å². The molecule has 0 N–H and O–H groups in total. The van der Waals surface area contributed by atoms with Crippen molar-refractivity contribution in [2.45, 2.75) is 19.8 Å². The number of carbonyl (C=O) groups excluding carboxylic acids is 1. The van der Waals surface area contributed by atoms with Gasteiger partial charge in [0.1, 0.15) is 0 Å². The highest BCUT2D eigenvalue weighted by molar-refractivity contribution is 6.37. The summed E-state index contributed by atoms with van der Waals surface area (Å²) in [5.41, 5.74) is 1.55. The van der Waals surface area contributed by atoms with Gasteiger partial charge in [-0.15, -0.1) is 0 Å². The molecule has 28 heavy (non-hydrogen) atoms. The zero-order valence-corrected chi connectivity index (χ0v) is 18.0. The summed E-state index contributed by atoms with van der Waals surface area (Å²) in [7, 11) is 0. The van der Waals surface area contributed by atoms with Gasteiger partial charge in [0.25, 0.3) is 5.91 Å². The van der Waals surface area contributed by atoms with Crippen molar-refractivity contribution in [1.82, 2.24) is 4.90 Å². The van der Waals surface area contributed by atoms with E-state index in [1.165, 1.54) is 0 Å². The first-order chi connectivity index (χ1) is 13.5. The van der Waals surface area contributed by atoms with Gasteiger partial charge in [-0.25, -0.2) is 0 Å². The zero-order valence-electron chi connectivity index (χ0n) is 15.8. The minimum absolute atomic E-state index is 0.0744. The average Bonchev–Trinajstić information content (AvgIpc) is 2.69. The third-order valence-corrected chi connectivity index (χ3v) is 5.53. The molecule has 150 valence electrons. The van der Waals surface area contributed by atoms with Crippen LogP contribution in [-0.4, -0.2) is 43.6 Å². The molecule has 0 aliphatic carbocycles. The van der Waals surface area contributed by atoms with Gasteiger partial charge in [0, 0.05) is 42.5 Å². The first-order valence-electron chi connectivity index (χ1n) is 9.41. The van der Waals surface area contributed by atoms with E-state index >= 15 is 0 Å². The van der Waals surface area contributed by atoms with Gasteiger partial charge in [-0.05, 0) is 36.8 Å². The highest BCUT2D eigenvalue weighted by atomic mass is 35.5. The number of halogens is 3. The van der Waals surface area contributed by atoms with Crippen LogP contribution in [0, 0.1) is 0 Å². The molecule has 0 bridgehead atoms. The molecule has 4 nitrogen and oxygen atoms in total. The minimum atomic E-state index is -0.0744. The number of benzene rings is 2. The Morgan fingerprint density at radius 3 is 2.32 bits per heavy atom. The van der Waals surface area contributed by atoms with Crippen LogP contribution in [0.3, 0.4) is 0 Å². The third-order valence-electron chi connectivity index (χ3n) is 4.73. The number of unbranched alkanes of at least 4 members (excludes halogenated alkanes) is 1. The van der Waals surface area contributed by atoms with Crippen molar-refractivity contribution in [3.63, 3.8) is 0 Å². The summed E-state index contributed by atoms with van der Waals surface area (Å²) >= 11 is 18.7. The van der Waals surface area contributed by atoms with Gasteiger partial charge in [-0.2, -0.15) is 0 Å². The molecule has 1 saturated heterocycles. The Hall–Kier alpha value is -1.62. The van der Waals surface area contributed by atoms with Crippen molar-refractivity contribution in [3.05, 3.63) is 57.0 Å². The fourth-order valence-electron chi connectivity index (χ4n) is 3.16. The molecule has 1 fully saturated rings. The molecule has 2 aromatic carbocycles. The summed E-state index contributed by atoms with van der Waals surface area (Å²) in [5, 5.41) is 1.44. The Kier molecular flexibility index (Phi) is 7.33. The lowest BCUT2D eigenvalue weighted by atomic mass is 10.1. The van der Waals surface area contributed by atoms with E-state index in [1.807, 2.05) is 29.2 Å². The Labute approximate surface area is 180 Å². The second-order valence-electron chi connectivity index (χ2n) is 6.73. The number of amides is 1. The van der Waals surface area contributed by atoms with Crippen molar-refractivity contribution < 1.29 is 9.53 Å². The lowest BCUT2D eigenvalue weighted by Crippen LogP contribution is -2.48. The van der Waals surface area contributed by atoms with Crippen LogP contribution < -0.4 is 9.64 Å². The molecule has 1 amide bonds. The molecule has 0 saturated carbocycles. The molecule has 0 radical (unpaired) electrons. The second kappa shape index (κ2) is 9.73. The lowest BCUT2D eigenvalue weighted by molar-refractivity contribution is 0.0746. The third kappa shape index (κ3) is 5.05. The fourth-order valence-corrected chi connectivity index (χ4v) is 3.94. The largest absolute Gasteiger partial charge is 0.490 e. The van der Waals surface area contributed by atoms with Crippen LogP contribution in [-0.2, 0) is 0 Å². The van der Waals surface area contributed by atoms with E-state index in [-0.39, 0.29) is 5.91 Å². The molecule has 0 aromatic heterocycles. The number of rotatable bonds is 6. The quantitative estimate of drug-likeness (QED) is 0.532. The van der Waals surface area contributed by atoms with Gasteiger partial charge >= 0.3 is 0 Å². The number of ether oxygens (including phenoxy) is 1. The molecule has 2 aromatic rings. The molecule has 0 unspecified atom stereocenters. The summed E-state index contributed by atoms with van der Waals surface area (Å²) in [4.78, 5) is 16.9. The van der Waals surface area contributed by atoms with Gasteiger partial charge in [0.2, 0.25) is 0 Å². The second-order valence-corrected chi connectivity index (χ2v) is 7.98. The Bertz CT molecular complexity index is 813. The van der Waals surface area contributed by atoms with E-state index in [0.717, 1.165) is 31.6 Å². The van der Waals surface area contributed by atoms with Gasteiger partial charge in [-0.3, -0.25) is 4.79 Å². The maximum atomic E-state index is 12.9. The van der Waals surface area contributed by atoms with Crippen molar-refractivity contribution >= 4 is 46.4 Å². The van der Waals surface area contributed by atoms with Crippen LogP contribution in [0.15, 0.2) is 36.4 Å². The Balaban J connectivity index is 1.65. The Morgan fingerprint density at radius 1 is 1.04 bits per heavy atom. The molecule has 0 spiro atoms. The summed E-state index contributed by atoms with van der Waals surface area (Å²) in [6, 6.07) is 11.0. The average molecular weight is 442 g/mol. The Morgan fingerprint density at radius 2 is 1.71 bits per heavy atom. The normalized spacial score (nSPS) is 14.3. The molecule has 1 heterocycles. The number of hydrogen-bond acceptors (Lipinski definition) is 3. The van der Waals surface area contributed by atoms with Crippen LogP contribution >= 0.6 is 34.8 Å². The number of nitrogens with zero attached hydrogens (tertiary/aromatic N) is 2. The smallest absolute Gasteiger partial charge is 0.254 e. The van der Waals surface area contributed by atoms with Crippen molar-refractivity contribution in [2.24, 2.45) is 0 Å². The van der Waals surface area contributed by atoms with Crippen LogP contribution in [0.1, 0.15) is 30.1 Å². The monoisotopic (exact) mass is 440 g/mol. The standard InChI is InChI=1S/C21H23Cl3N2O2/c1-2-3-11-28-20-18(23)12-15(13-19(20)24)21(27)26-9-7-25(8-10-26)17-6-4-5-16(22)14-17/h4-6,12-14H,2-3,7-11H2,1H3. The number of piperazine rings is 1. The van der Waals surface area contributed by atoms with Crippen molar-refractivity contribution in [2.75, 3.05) is 37.7 Å². The lowest BCUT2D eigenvalue weighted by Gasteiger charge is -2.36. The van der Waals surface area contributed by atoms with Crippen molar-refractivity contribution in [1.29, 1.82) is 0 Å². The molecule has 7 heteroatoms. The van der Waals surface area contributed by atoms with Crippen LogP contribution in [0.25, 0.3) is 0 Å². The summed E-state index contributed by atoms with van der Waals surface area (Å²) < 4.78 is 5.65. The molecule has 3 rings (SSSR count). The molecular weight excluding hydrogens is 419 g/mol. The van der Waals surface area contributed by atoms with Gasteiger partial charge in [0.15, 0.2) is 5.75 Å². The van der Waals surface area contributed by atoms with Gasteiger partial charge in [0.05, 0.1) is 16.7 Å². The zero-order chi connectivity index (χ0) is 20.1. The van der Waals surface area contributed by atoms with E-state index in [2.05, 4.69) is 11.8 Å². The van der Waals surface area contributed by atoms with Gasteiger partial charge in [-0.1, -0.05) is 54.2 Å². The highest BCUT2D eigenvalue weighted by Gasteiger charge is 2.24. The highest BCUT2D eigenvalue weighted by Crippen LogP contribution is 2.35. The molecule has 1 aliphatic heterocycles. The SMILES string of the molecule is CCCCOc1c(Cl)cc(C(=O)N2CCN(c3cccc(Cl)c3)CC2)cc1Cl. The first kappa shape index (κ1) is 21.1. The van der Waals surface area contributed by atoms with Crippen LogP contribution in [0.4, 0.5) is 5.69 Å². The fraction of sp³-hybridized carbons (Fsp3) is 0.381. The minimum Gasteiger partial charge on any atom is -0.490 e. The van der Waals surface area contributed by atoms with Crippen LogP contribution in [0.5, 0.6) is 5.75 Å². The van der Waals surface area contributed by atoms with E-state index < -0.39 is 0 Å². The maximum absolute atomic E-state index is 12.9. The molecule has 1 aliphatic rings. The summed E-state index contributed by atoms with van der Waals surface area (Å²) in [5.74, 6) is 0.369. The predicted molar refractivity (Wildman–Crippen MR) is 116 cm³/mol. The van der Waals surface area contributed by atoms with Crippen LogP contribution in [0.2, 0.25) is 15.1 Å². The summed E-state index contributed by atoms with van der Waals surface area (Å²) in [6.45, 7) is 5.36.